The van der Waals surface area contributed by atoms with E-state index in [0.29, 0.717) is 17.9 Å². The van der Waals surface area contributed by atoms with Gasteiger partial charge in [0, 0.05) is 12.6 Å². The highest BCUT2D eigenvalue weighted by molar-refractivity contribution is 5.25. The monoisotopic (exact) mass is 263 g/mol. The van der Waals surface area contributed by atoms with Gasteiger partial charge in [0.15, 0.2) is 0 Å². The maximum Gasteiger partial charge on any atom is 0.115 e. The molecule has 0 spiro atoms. The number of ether oxygens (including phenoxy) is 1. The maximum absolute atomic E-state index is 9.23. The first-order valence-corrected chi connectivity index (χ1v) is 7.37. The van der Waals surface area contributed by atoms with Gasteiger partial charge >= 0.3 is 0 Å². The second-order valence-electron chi connectivity index (χ2n) is 5.48. The number of hydrogen-bond donors (Lipinski definition) is 2. The van der Waals surface area contributed by atoms with Crippen molar-refractivity contribution in [3.8, 4) is 5.75 Å². The molecule has 1 aromatic carbocycles. The highest BCUT2D eigenvalue weighted by atomic mass is 16.5. The van der Waals surface area contributed by atoms with Gasteiger partial charge in [-0.1, -0.05) is 12.1 Å². The molecular weight excluding hydrogens is 238 g/mol. The number of aryl methyl sites for hydroxylation is 1. The topological polar surface area (TPSA) is 41.5 Å². The van der Waals surface area contributed by atoms with Crippen molar-refractivity contribution in [3.05, 3.63) is 29.8 Å². The van der Waals surface area contributed by atoms with E-state index in [2.05, 4.69) is 12.2 Å². The molecule has 1 aliphatic heterocycles. The molecule has 2 rings (SSSR count). The molecule has 1 heterocycles. The quantitative estimate of drug-likeness (QED) is 0.795. The molecule has 3 nitrogen and oxygen atoms in total. The maximum atomic E-state index is 9.23. The average molecular weight is 263 g/mol. The van der Waals surface area contributed by atoms with E-state index in [9.17, 15) is 5.11 Å². The van der Waals surface area contributed by atoms with Crippen LogP contribution in [0.2, 0.25) is 0 Å². The molecule has 2 N–H and O–H groups in total. The Kier molecular flexibility index (Phi) is 5.67. The van der Waals surface area contributed by atoms with E-state index in [1.807, 2.05) is 12.1 Å². The third-order valence-electron chi connectivity index (χ3n) is 3.79. The summed E-state index contributed by atoms with van der Waals surface area (Å²) in [4.78, 5) is 0. The van der Waals surface area contributed by atoms with Gasteiger partial charge in [-0.2, -0.15) is 0 Å². The second kappa shape index (κ2) is 7.51. The third-order valence-corrected chi connectivity index (χ3v) is 3.79. The Labute approximate surface area is 116 Å². The molecule has 1 fully saturated rings. The molecule has 1 aliphatic rings. The van der Waals surface area contributed by atoms with Crippen molar-refractivity contribution >= 4 is 0 Å². The number of benzene rings is 1. The molecule has 0 aliphatic carbocycles. The van der Waals surface area contributed by atoms with Crippen LogP contribution in [0, 0.1) is 0 Å². The fourth-order valence-corrected chi connectivity index (χ4v) is 2.51. The van der Waals surface area contributed by atoms with Crippen LogP contribution in [0.3, 0.4) is 0 Å². The zero-order valence-electron chi connectivity index (χ0n) is 11.8. The Morgan fingerprint density at radius 1 is 1.37 bits per heavy atom. The van der Waals surface area contributed by atoms with E-state index in [0.717, 1.165) is 32.4 Å². The molecule has 106 valence electrons. The summed E-state index contributed by atoms with van der Waals surface area (Å²) in [6.45, 7) is 4.22. The molecule has 3 heteroatoms. The summed E-state index contributed by atoms with van der Waals surface area (Å²) < 4.78 is 5.61. The first kappa shape index (κ1) is 14.4. The van der Waals surface area contributed by atoms with Gasteiger partial charge in [-0.3, -0.25) is 0 Å². The summed E-state index contributed by atoms with van der Waals surface area (Å²) >= 11 is 0. The van der Waals surface area contributed by atoms with Crippen LogP contribution in [0.15, 0.2) is 24.3 Å². The normalized spacial score (nSPS) is 20.6. The van der Waals surface area contributed by atoms with Gasteiger partial charge in [0.1, 0.15) is 5.75 Å². The average Bonchev–Trinajstić information content (AvgIpc) is 2.91. The number of aromatic hydroxyl groups is 1. The Hall–Kier alpha value is -1.06. The van der Waals surface area contributed by atoms with E-state index in [1.54, 1.807) is 12.1 Å². The van der Waals surface area contributed by atoms with Gasteiger partial charge in [-0.15, -0.1) is 0 Å². The van der Waals surface area contributed by atoms with Crippen LogP contribution < -0.4 is 5.32 Å². The van der Waals surface area contributed by atoms with Gasteiger partial charge in [0.25, 0.3) is 0 Å². The summed E-state index contributed by atoms with van der Waals surface area (Å²) in [7, 11) is 0. The van der Waals surface area contributed by atoms with Crippen molar-refractivity contribution in [2.45, 2.75) is 51.2 Å². The van der Waals surface area contributed by atoms with E-state index in [4.69, 9.17) is 4.74 Å². The largest absolute Gasteiger partial charge is 0.508 e. The fourth-order valence-electron chi connectivity index (χ4n) is 2.51. The molecule has 0 aromatic heterocycles. The first-order chi connectivity index (χ1) is 9.24. The number of phenols is 1. The van der Waals surface area contributed by atoms with Crippen LogP contribution >= 0.6 is 0 Å². The van der Waals surface area contributed by atoms with Gasteiger partial charge in [-0.05, 0) is 63.3 Å². The van der Waals surface area contributed by atoms with Crippen LogP contribution in [0.1, 0.15) is 38.2 Å². The molecule has 0 saturated carbocycles. The van der Waals surface area contributed by atoms with Crippen molar-refractivity contribution in [3.63, 3.8) is 0 Å². The summed E-state index contributed by atoms with van der Waals surface area (Å²) in [5, 5.41) is 12.8. The minimum atomic E-state index is 0.339. The molecule has 2 unspecified atom stereocenters. The van der Waals surface area contributed by atoms with Crippen LogP contribution in [0.5, 0.6) is 5.75 Å². The predicted molar refractivity (Wildman–Crippen MR) is 77.5 cm³/mol. The van der Waals surface area contributed by atoms with Crippen LogP contribution in [0.25, 0.3) is 0 Å². The Bertz CT molecular complexity index is 358. The van der Waals surface area contributed by atoms with Crippen molar-refractivity contribution in [1.29, 1.82) is 0 Å². The van der Waals surface area contributed by atoms with Gasteiger partial charge in [-0.25, -0.2) is 0 Å². The van der Waals surface area contributed by atoms with Crippen LogP contribution in [-0.4, -0.2) is 30.4 Å². The molecule has 0 amide bonds. The van der Waals surface area contributed by atoms with Gasteiger partial charge < -0.3 is 15.2 Å². The lowest BCUT2D eigenvalue weighted by molar-refractivity contribution is 0.103. The van der Waals surface area contributed by atoms with E-state index >= 15 is 0 Å². The number of hydrogen-bond acceptors (Lipinski definition) is 3. The van der Waals surface area contributed by atoms with Crippen molar-refractivity contribution in [2.24, 2.45) is 0 Å². The van der Waals surface area contributed by atoms with Gasteiger partial charge in [0.05, 0.1) is 6.10 Å². The summed E-state index contributed by atoms with van der Waals surface area (Å²) in [5.74, 6) is 0.339. The highest BCUT2D eigenvalue weighted by Crippen LogP contribution is 2.15. The number of rotatable bonds is 7. The molecule has 0 bridgehead atoms. The Morgan fingerprint density at radius 2 is 2.16 bits per heavy atom. The Morgan fingerprint density at radius 3 is 2.84 bits per heavy atom. The lowest BCUT2D eigenvalue weighted by Crippen LogP contribution is -2.29. The van der Waals surface area contributed by atoms with E-state index in [-0.39, 0.29) is 0 Å². The van der Waals surface area contributed by atoms with E-state index in [1.165, 1.54) is 18.4 Å². The summed E-state index contributed by atoms with van der Waals surface area (Å²) in [5.41, 5.74) is 1.28. The summed E-state index contributed by atoms with van der Waals surface area (Å²) in [6, 6.07) is 8.02. The number of phenolic OH excluding ortho intramolecular Hbond substituents is 1. The first-order valence-electron chi connectivity index (χ1n) is 7.37. The lowest BCUT2D eigenvalue weighted by atomic mass is 10.1. The minimum absolute atomic E-state index is 0.339. The molecular formula is C16H25NO2. The molecule has 1 saturated heterocycles. The molecule has 1 aromatic rings. The van der Waals surface area contributed by atoms with Crippen molar-refractivity contribution in [2.75, 3.05) is 13.2 Å². The zero-order chi connectivity index (χ0) is 13.5. The fraction of sp³-hybridized carbons (Fsp3) is 0.625. The summed E-state index contributed by atoms with van der Waals surface area (Å²) in [6.07, 6.45) is 6.23. The van der Waals surface area contributed by atoms with Crippen LogP contribution in [-0.2, 0) is 11.2 Å². The van der Waals surface area contributed by atoms with E-state index < -0.39 is 0 Å². The second-order valence-corrected chi connectivity index (χ2v) is 5.48. The van der Waals surface area contributed by atoms with Crippen molar-refractivity contribution < 1.29 is 9.84 Å². The SMILES string of the molecule is CC(CCc1ccc(O)cc1)NCCC1CCCO1. The smallest absolute Gasteiger partial charge is 0.115 e. The van der Waals surface area contributed by atoms with Crippen molar-refractivity contribution in [1.82, 2.24) is 5.32 Å². The van der Waals surface area contributed by atoms with Gasteiger partial charge in [0.2, 0.25) is 0 Å². The predicted octanol–water partition coefficient (Wildman–Crippen LogP) is 2.87. The zero-order valence-corrected chi connectivity index (χ0v) is 11.8. The lowest BCUT2D eigenvalue weighted by Gasteiger charge is -2.15. The molecule has 2 atom stereocenters. The molecule has 19 heavy (non-hydrogen) atoms. The Balaban J connectivity index is 1.58. The molecule has 0 radical (unpaired) electrons. The highest BCUT2D eigenvalue weighted by Gasteiger charge is 2.14. The number of nitrogens with one attached hydrogen (secondary N) is 1. The third kappa shape index (κ3) is 5.21. The minimum Gasteiger partial charge on any atom is -0.508 e. The standard InChI is InChI=1S/C16H25NO2/c1-13(17-11-10-16-3-2-12-19-16)4-5-14-6-8-15(18)9-7-14/h6-9,13,16-18H,2-5,10-12H2,1H3. The van der Waals surface area contributed by atoms with Crippen LogP contribution in [0.4, 0.5) is 0 Å².